The average molecular weight is 592 g/mol. The molecule has 0 spiro atoms. The number of hydrogen-bond donors (Lipinski definition) is 3. The molecule has 1 aliphatic rings. The van der Waals surface area contributed by atoms with Crippen molar-refractivity contribution < 1.29 is 33.8 Å². The Hall–Kier alpha value is -4.44. The second kappa shape index (κ2) is 16.9. The van der Waals surface area contributed by atoms with Crippen LogP contribution in [-0.2, 0) is 43.4 Å². The van der Waals surface area contributed by atoms with Crippen LogP contribution < -0.4 is 10.6 Å². The zero-order chi connectivity index (χ0) is 31.2. The van der Waals surface area contributed by atoms with E-state index in [1.54, 1.807) is 17.9 Å². The van der Waals surface area contributed by atoms with Crippen LogP contribution in [0.2, 0.25) is 0 Å². The monoisotopic (exact) mass is 591 g/mol. The molecule has 0 unspecified atom stereocenters. The van der Waals surface area contributed by atoms with Crippen LogP contribution in [0.5, 0.6) is 0 Å². The van der Waals surface area contributed by atoms with Crippen molar-refractivity contribution in [3.05, 3.63) is 96.6 Å². The van der Waals surface area contributed by atoms with Gasteiger partial charge in [0.25, 0.3) is 0 Å². The third-order valence-electron chi connectivity index (χ3n) is 7.20. The van der Waals surface area contributed by atoms with Gasteiger partial charge < -0.3 is 30.1 Å². The minimum Gasteiger partial charge on any atom is -0.459 e. The molecule has 230 valence electrons. The highest BCUT2D eigenvalue weighted by atomic mass is 16.6. The number of alkyl carbamates (subject to hydrolysis) is 1. The maximum Gasteiger partial charge on any atom is 0.408 e. The van der Waals surface area contributed by atoms with E-state index in [2.05, 4.69) is 23.8 Å². The van der Waals surface area contributed by atoms with Crippen molar-refractivity contribution in [1.29, 1.82) is 0 Å². The summed E-state index contributed by atoms with van der Waals surface area (Å²) < 4.78 is 10.7. The van der Waals surface area contributed by atoms with Gasteiger partial charge in [0.15, 0.2) is 0 Å². The number of nitrogens with zero attached hydrogens (tertiary/aromatic N) is 1. The number of ether oxygens (including phenoxy) is 2. The van der Waals surface area contributed by atoms with E-state index >= 15 is 0 Å². The van der Waals surface area contributed by atoms with Gasteiger partial charge in [-0.2, -0.15) is 0 Å². The predicted octanol–water partition coefficient (Wildman–Crippen LogP) is 3.43. The molecule has 10 heteroatoms. The number of nitrogens with one attached hydrogen (secondary N) is 2. The Morgan fingerprint density at radius 3 is 2.37 bits per heavy atom. The van der Waals surface area contributed by atoms with E-state index < -0.39 is 30.1 Å². The van der Waals surface area contributed by atoms with Gasteiger partial charge in [0, 0.05) is 13.0 Å². The Morgan fingerprint density at radius 2 is 1.70 bits per heavy atom. The van der Waals surface area contributed by atoms with E-state index in [9.17, 15) is 24.3 Å². The molecule has 0 fully saturated rings. The molecule has 43 heavy (non-hydrogen) atoms. The highest BCUT2D eigenvalue weighted by molar-refractivity contribution is 5.86. The number of aliphatic hydroxyl groups excluding tert-OH is 1. The van der Waals surface area contributed by atoms with Gasteiger partial charge >= 0.3 is 12.1 Å². The Bertz CT molecular complexity index is 1270. The highest BCUT2D eigenvalue weighted by Crippen LogP contribution is 2.25. The summed E-state index contributed by atoms with van der Waals surface area (Å²) in [6.45, 7) is 9.21. The first kappa shape index (κ1) is 33.1. The maximum absolute atomic E-state index is 13.3. The summed E-state index contributed by atoms with van der Waals surface area (Å²) >= 11 is 0. The molecule has 3 rings (SSSR count). The second-order valence-corrected chi connectivity index (χ2v) is 10.5. The topological polar surface area (TPSA) is 134 Å². The van der Waals surface area contributed by atoms with Gasteiger partial charge in [-0.05, 0) is 42.9 Å². The first-order valence-electron chi connectivity index (χ1n) is 14.4. The van der Waals surface area contributed by atoms with E-state index in [1.807, 2.05) is 54.6 Å². The van der Waals surface area contributed by atoms with Crippen LogP contribution >= 0.6 is 0 Å². The van der Waals surface area contributed by atoms with Crippen LogP contribution in [-0.4, -0.2) is 65.2 Å². The van der Waals surface area contributed by atoms with E-state index in [1.165, 1.54) is 6.08 Å². The van der Waals surface area contributed by atoms with Crippen molar-refractivity contribution in [1.82, 2.24) is 15.5 Å². The summed E-state index contributed by atoms with van der Waals surface area (Å²) in [6.07, 6.45) is 2.46. The molecule has 0 bridgehead atoms. The van der Waals surface area contributed by atoms with Crippen LogP contribution in [0.25, 0.3) is 0 Å². The molecule has 4 atom stereocenters. The molecule has 0 saturated heterocycles. The summed E-state index contributed by atoms with van der Waals surface area (Å²) in [5, 5.41) is 15.2. The Kier molecular flexibility index (Phi) is 13.0. The van der Waals surface area contributed by atoms with Crippen LogP contribution in [0.3, 0.4) is 0 Å². The summed E-state index contributed by atoms with van der Waals surface area (Å²) in [7, 11) is 0. The molecule has 0 radical (unpaired) electrons. The zero-order valence-electron chi connectivity index (χ0n) is 24.6. The number of hydrogen-bond acceptors (Lipinski definition) is 7. The van der Waals surface area contributed by atoms with E-state index in [0.717, 1.165) is 16.7 Å². The number of carbonyl (C=O) groups excluding carboxylic acids is 4. The molecule has 3 N–H and O–H groups in total. The number of carbonyl (C=O) groups is 4. The lowest BCUT2D eigenvalue weighted by atomic mass is 9.92. The third kappa shape index (κ3) is 10.1. The molecule has 1 heterocycles. The van der Waals surface area contributed by atoms with E-state index in [0.29, 0.717) is 13.0 Å². The molecule has 2 aromatic carbocycles. The van der Waals surface area contributed by atoms with E-state index in [4.69, 9.17) is 9.47 Å². The van der Waals surface area contributed by atoms with Gasteiger partial charge in [-0.3, -0.25) is 9.59 Å². The van der Waals surface area contributed by atoms with Crippen LogP contribution in [0.1, 0.15) is 42.9 Å². The minimum atomic E-state index is -1.01. The lowest BCUT2D eigenvalue weighted by Crippen LogP contribution is -2.48. The standard InChI is InChI=1S/C33H41N3O7/c1-4-11-26(18-30(38)36-20-27-16-10-9-15-25(27)17-28(36)21-37)31(39)34-19-23(3)43-32(40)29(12-5-2)35-33(41)42-22-24-13-7-6-8-14-24/h4-10,13-16,23,26,28-29,37H,1-2,11-12,17-22H2,3H3,(H,34,39)(H,35,41)/t23-,26-,28-,29+/m0/s1. The first-order chi connectivity index (χ1) is 20.7. The fourth-order valence-electron chi connectivity index (χ4n) is 4.85. The number of esters is 1. The number of aliphatic hydroxyl groups is 1. The molecule has 0 aliphatic carbocycles. The quantitative estimate of drug-likeness (QED) is 0.213. The predicted molar refractivity (Wildman–Crippen MR) is 161 cm³/mol. The molecular formula is C33H41N3O7. The molecule has 10 nitrogen and oxygen atoms in total. The van der Waals surface area contributed by atoms with Crippen molar-refractivity contribution in [2.45, 2.75) is 63.9 Å². The number of amides is 3. The molecule has 3 amide bonds. The van der Waals surface area contributed by atoms with Gasteiger partial charge in [0.05, 0.1) is 25.1 Å². The highest BCUT2D eigenvalue weighted by Gasteiger charge is 2.32. The van der Waals surface area contributed by atoms with E-state index in [-0.39, 0.29) is 56.9 Å². The van der Waals surface area contributed by atoms with Gasteiger partial charge in [0.2, 0.25) is 11.8 Å². The van der Waals surface area contributed by atoms with Gasteiger partial charge in [-0.1, -0.05) is 66.7 Å². The molecular weight excluding hydrogens is 550 g/mol. The number of rotatable bonds is 15. The SMILES string of the molecule is C=CC[C@@H](CC(=O)N1Cc2ccccc2C[C@H]1CO)C(=O)NC[C@H](C)OC(=O)[C@@H](CC=C)NC(=O)OCc1ccccc1. The lowest BCUT2D eigenvalue weighted by Gasteiger charge is -2.36. The van der Waals surface area contributed by atoms with Crippen molar-refractivity contribution in [3.8, 4) is 0 Å². The molecule has 2 aromatic rings. The second-order valence-electron chi connectivity index (χ2n) is 10.5. The molecule has 0 saturated carbocycles. The maximum atomic E-state index is 13.3. The zero-order valence-corrected chi connectivity index (χ0v) is 24.6. The molecule has 0 aromatic heterocycles. The normalized spacial score (nSPS) is 16.0. The summed E-state index contributed by atoms with van der Waals surface area (Å²) in [6, 6.07) is 15.6. The summed E-state index contributed by atoms with van der Waals surface area (Å²) in [4.78, 5) is 53.0. The van der Waals surface area contributed by atoms with Crippen LogP contribution in [0.15, 0.2) is 79.9 Å². The van der Waals surface area contributed by atoms with Crippen LogP contribution in [0, 0.1) is 5.92 Å². The lowest BCUT2D eigenvalue weighted by molar-refractivity contribution is -0.151. The number of benzene rings is 2. The van der Waals surface area contributed by atoms with Crippen molar-refractivity contribution >= 4 is 23.9 Å². The summed E-state index contributed by atoms with van der Waals surface area (Å²) in [5.74, 6) is -1.98. The van der Waals surface area contributed by atoms with Gasteiger partial charge in [-0.25, -0.2) is 9.59 Å². The van der Waals surface area contributed by atoms with Gasteiger partial charge in [0.1, 0.15) is 18.8 Å². The van der Waals surface area contributed by atoms with Gasteiger partial charge in [-0.15, -0.1) is 13.2 Å². The van der Waals surface area contributed by atoms with Crippen molar-refractivity contribution in [2.75, 3.05) is 13.2 Å². The van der Waals surface area contributed by atoms with Crippen LogP contribution in [0.4, 0.5) is 4.79 Å². The summed E-state index contributed by atoms with van der Waals surface area (Å²) in [5.41, 5.74) is 2.93. The Morgan fingerprint density at radius 1 is 1.02 bits per heavy atom. The fourth-order valence-corrected chi connectivity index (χ4v) is 4.85. The minimum absolute atomic E-state index is 0.00201. The largest absolute Gasteiger partial charge is 0.459 e. The smallest absolute Gasteiger partial charge is 0.408 e. The third-order valence-corrected chi connectivity index (χ3v) is 7.20. The Balaban J connectivity index is 1.50. The molecule has 1 aliphatic heterocycles. The van der Waals surface area contributed by atoms with Crippen molar-refractivity contribution in [3.63, 3.8) is 0 Å². The fraction of sp³-hybridized carbons (Fsp3) is 0.394. The van der Waals surface area contributed by atoms with Crippen molar-refractivity contribution in [2.24, 2.45) is 5.92 Å². The average Bonchev–Trinajstić information content (AvgIpc) is 3.01. The Labute approximate surface area is 252 Å². The first-order valence-corrected chi connectivity index (χ1v) is 14.4. The number of fused-ring (bicyclic) bond motifs is 1. The number of allylic oxidation sites excluding steroid dienone is 1.